The maximum Gasteiger partial charge on any atom is 0.224 e. The van der Waals surface area contributed by atoms with Gasteiger partial charge < -0.3 is 10.6 Å². The lowest BCUT2D eigenvalue weighted by Gasteiger charge is -2.23. The molecule has 1 amide bonds. The molecule has 0 aliphatic carbocycles. The number of nitrogens with two attached hydrogens (primary N) is 1. The lowest BCUT2D eigenvalue weighted by Crippen LogP contribution is -2.32. The Morgan fingerprint density at radius 1 is 1.05 bits per heavy atom. The Labute approximate surface area is 126 Å². The first kappa shape index (κ1) is 15.3. The van der Waals surface area contributed by atoms with Crippen LogP contribution in [-0.4, -0.2) is 17.4 Å². The highest BCUT2D eigenvalue weighted by atomic mass is 16.2. The number of benzene rings is 2. The van der Waals surface area contributed by atoms with Crippen LogP contribution in [0.15, 0.2) is 60.7 Å². The van der Waals surface area contributed by atoms with E-state index >= 15 is 0 Å². The van der Waals surface area contributed by atoms with Crippen molar-refractivity contribution >= 4 is 5.91 Å². The third-order valence-corrected chi connectivity index (χ3v) is 3.57. The summed E-state index contributed by atoms with van der Waals surface area (Å²) < 4.78 is 0. The molecule has 0 radical (unpaired) electrons. The standard InChI is InChI=1S/C18H22N2O/c1-2-20(14-15-9-5-3-6-10-15)18(21)13-17(19)16-11-7-4-8-12-16/h3-12,17H,2,13-14,19H2,1H3. The number of nitrogens with zero attached hydrogens (tertiary/aromatic N) is 1. The first-order valence-electron chi connectivity index (χ1n) is 7.33. The Bertz CT molecular complexity index is 554. The Morgan fingerprint density at radius 3 is 2.19 bits per heavy atom. The third kappa shape index (κ3) is 4.43. The normalized spacial score (nSPS) is 11.9. The molecular weight excluding hydrogens is 260 g/mol. The van der Waals surface area contributed by atoms with E-state index in [0.29, 0.717) is 19.5 Å². The molecule has 0 aliphatic heterocycles. The van der Waals surface area contributed by atoms with Crippen molar-refractivity contribution < 1.29 is 4.79 Å². The van der Waals surface area contributed by atoms with Gasteiger partial charge in [-0.2, -0.15) is 0 Å². The fourth-order valence-corrected chi connectivity index (χ4v) is 2.32. The van der Waals surface area contributed by atoms with E-state index in [-0.39, 0.29) is 11.9 Å². The van der Waals surface area contributed by atoms with E-state index < -0.39 is 0 Å². The van der Waals surface area contributed by atoms with Gasteiger partial charge in [-0.25, -0.2) is 0 Å². The zero-order valence-corrected chi connectivity index (χ0v) is 12.4. The average molecular weight is 282 g/mol. The summed E-state index contributed by atoms with van der Waals surface area (Å²) in [6, 6.07) is 19.5. The first-order valence-corrected chi connectivity index (χ1v) is 7.33. The summed E-state index contributed by atoms with van der Waals surface area (Å²) in [6.45, 7) is 3.32. The molecule has 2 aromatic rings. The highest BCUT2D eigenvalue weighted by molar-refractivity contribution is 5.77. The summed E-state index contributed by atoms with van der Waals surface area (Å²) in [5, 5.41) is 0. The smallest absolute Gasteiger partial charge is 0.224 e. The van der Waals surface area contributed by atoms with E-state index in [4.69, 9.17) is 5.73 Å². The second kappa shape index (κ2) is 7.60. The topological polar surface area (TPSA) is 46.3 Å². The molecule has 2 aromatic carbocycles. The predicted molar refractivity (Wildman–Crippen MR) is 85.5 cm³/mol. The molecule has 2 rings (SSSR count). The van der Waals surface area contributed by atoms with Crippen LogP contribution in [-0.2, 0) is 11.3 Å². The Balaban J connectivity index is 1.97. The number of hydrogen-bond acceptors (Lipinski definition) is 2. The lowest BCUT2D eigenvalue weighted by atomic mass is 10.0. The maximum absolute atomic E-state index is 12.4. The van der Waals surface area contributed by atoms with Crippen LogP contribution in [0.25, 0.3) is 0 Å². The van der Waals surface area contributed by atoms with E-state index in [9.17, 15) is 4.79 Å². The van der Waals surface area contributed by atoms with Gasteiger partial charge in [0.15, 0.2) is 0 Å². The van der Waals surface area contributed by atoms with Crippen LogP contribution in [0.5, 0.6) is 0 Å². The molecule has 0 aliphatic rings. The Morgan fingerprint density at radius 2 is 1.62 bits per heavy atom. The van der Waals surface area contributed by atoms with Gasteiger partial charge in [-0.15, -0.1) is 0 Å². The number of carbonyl (C=O) groups is 1. The summed E-state index contributed by atoms with van der Waals surface area (Å²) in [4.78, 5) is 14.3. The maximum atomic E-state index is 12.4. The van der Waals surface area contributed by atoms with Crippen LogP contribution in [0.2, 0.25) is 0 Å². The van der Waals surface area contributed by atoms with E-state index in [2.05, 4.69) is 0 Å². The van der Waals surface area contributed by atoms with E-state index in [0.717, 1.165) is 11.1 Å². The highest BCUT2D eigenvalue weighted by Crippen LogP contribution is 2.15. The molecule has 21 heavy (non-hydrogen) atoms. The van der Waals surface area contributed by atoms with Crippen molar-refractivity contribution in [2.75, 3.05) is 6.54 Å². The SMILES string of the molecule is CCN(Cc1ccccc1)C(=O)CC(N)c1ccccc1. The molecule has 3 nitrogen and oxygen atoms in total. The van der Waals surface area contributed by atoms with Crippen LogP contribution in [0.1, 0.15) is 30.5 Å². The lowest BCUT2D eigenvalue weighted by molar-refractivity contribution is -0.132. The molecule has 0 fully saturated rings. The van der Waals surface area contributed by atoms with Crippen molar-refractivity contribution in [3.8, 4) is 0 Å². The molecule has 3 heteroatoms. The van der Waals surface area contributed by atoms with Crippen molar-refractivity contribution in [1.29, 1.82) is 0 Å². The van der Waals surface area contributed by atoms with Gasteiger partial charge in [0.05, 0.1) is 0 Å². The van der Waals surface area contributed by atoms with E-state index in [1.807, 2.05) is 72.5 Å². The Kier molecular flexibility index (Phi) is 5.52. The molecule has 0 heterocycles. The minimum Gasteiger partial charge on any atom is -0.339 e. The highest BCUT2D eigenvalue weighted by Gasteiger charge is 2.16. The monoisotopic (exact) mass is 282 g/mol. The predicted octanol–water partition coefficient (Wildman–Crippen LogP) is 3.13. The number of hydrogen-bond donors (Lipinski definition) is 1. The van der Waals surface area contributed by atoms with Gasteiger partial charge in [-0.05, 0) is 18.1 Å². The first-order chi connectivity index (χ1) is 10.2. The summed E-state index contributed by atoms with van der Waals surface area (Å²) in [5.41, 5.74) is 8.28. The summed E-state index contributed by atoms with van der Waals surface area (Å²) in [7, 11) is 0. The third-order valence-electron chi connectivity index (χ3n) is 3.57. The van der Waals surface area contributed by atoms with Crippen LogP contribution in [0, 0.1) is 0 Å². The van der Waals surface area contributed by atoms with Gasteiger partial charge >= 0.3 is 0 Å². The van der Waals surface area contributed by atoms with Crippen LogP contribution < -0.4 is 5.73 Å². The summed E-state index contributed by atoms with van der Waals surface area (Å²) >= 11 is 0. The number of amides is 1. The molecule has 0 spiro atoms. The van der Waals surface area contributed by atoms with E-state index in [1.54, 1.807) is 0 Å². The number of rotatable bonds is 6. The van der Waals surface area contributed by atoms with Gasteiger partial charge in [0.25, 0.3) is 0 Å². The average Bonchev–Trinajstić information content (AvgIpc) is 2.54. The van der Waals surface area contributed by atoms with E-state index in [1.165, 1.54) is 0 Å². The van der Waals surface area contributed by atoms with Crippen molar-refractivity contribution in [2.45, 2.75) is 25.9 Å². The minimum atomic E-state index is -0.247. The fourth-order valence-electron chi connectivity index (χ4n) is 2.32. The van der Waals surface area contributed by atoms with Gasteiger partial charge in [0.1, 0.15) is 0 Å². The molecule has 0 aromatic heterocycles. The van der Waals surface area contributed by atoms with Crippen molar-refractivity contribution in [2.24, 2.45) is 5.73 Å². The van der Waals surface area contributed by atoms with Crippen LogP contribution in [0.3, 0.4) is 0 Å². The zero-order chi connectivity index (χ0) is 15.1. The Hall–Kier alpha value is -2.13. The molecule has 0 saturated heterocycles. The van der Waals surface area contributed by atoms with Gasteiger partial charge in [-0.1, -0.05) is 60.7 Å². The second-order valence-electron chi connectivity index (χ2n) is 5.11. The molecule has 0 bridgehead atoms. The molecule has 1 atom stereocenters. The second-order valence-corrected chi connectivity index (χ2v) is 5.11. The molecule has 0 saturated carbocycles. The zero-order valence-electron chi connectivity index (χ0n) is 12.4. The van der Waals surface area contributed by atoms with Gasteiger partial charge in [0, 0.05) is 25.6 Å². The minimum absolute atomic E-state index is 0.0951. The van der Waals surface area contributed by atoms with Gasteiger partial charge in [0.2, 0.25) is 5.91 Å². The van der Waals surface area contributed by atoms with Crippen molar-refractivity contribution in [1.82, 2.24) is 4.90 Å². The quantitative estimate of drug-likeness (QED) is 0.884. The van der Waals surface area contributed by atoms with Crippen molar-refractivity contribution in [3.63, 3.8) is 0 Å². The molecule has 110 valence electrons. The number of carbonyl (C=O) groups excluding carboxylic acids is 1. The molecule has 1 unspecified atom stereocenters. The fraction of sp³-hybridized carbons (Fsp3) is 0.278. The van der Waals surface area contributed by atoms with Crippen molar-refractivity contribution in [3.05, 3.63) is 71.8 Å². The van der Waals surface area contributed by atoms with Crippen LogP contribution in [0.4, 0.5) is 0 Å². The largest absolute Gasteiger partial charge is 0.339 e. The van der Waals surface area contributed by atoms with Crippen LogP contribution >= 0.6 is 0 Å². The summed E-state index contributed by atoms with van der Waals surface area (Å²) in [5.74, 6) is 0.0951. The molecular formula is C18H22N2O. The summed E-state index contributed by atoms with van der Waals surface area (Å²) in [6.07, 6.45) is 0.338. The van der Waals surface area contributed by atoms with Gasteiger partial charge in [-0.3, -0.25) is 4.79 Å². The molecule has 2 N–H and O–H groups in total.